The number of carbonyl (C=O) groups excluding carboxylic acids is 2. The summed E-state index contributed by atoms with van der Waals surface area (Å²) in [6.07, 6.45) is 3.31. The Labute approximate surface area is 111 Å². The number of nitrogens with one attached hydrogen (secondary N) is 2. The number of amides is 3. The van der Waals surface area contributed by atoms with Gasteiger partial charge in [0, 0.05) is 5.69 Å². The topological polar surface area (TPSA) is 58.2 Å². The van der Waals surface area contributed by atoms with Crippen molar-refractivity contribution < 1.29 is 9.59 Å². The molecule has 2 N–H and O–H groups in total. The van der Waals surface area contributed by atoms with Gasteiger partial charge in [0.1, 0.15) is 5.38 Å². The molecule has 0 heterocycles. The van der Waals surface area contributed by atoms with E-state index in [1.165, 1.54) is 18.1 Å². The minimum atomic E-state index is -0.726. The summed E-state index contributed by atoms with van der Waals surface area (Å²) in [6, 6.07) is 5.27. The highest BCUT2D eigenvalue weighted by molar-refractivity contribution is 6.31. The number of hydrogen-bond acceptors (Lipinski definition) is 2. The molecule has 18 heavy (non-hydrogen) atoms. The van der Waals surface area contributed by atoms with Crippen LogP contribution in [0, 0.1) is 0 Å². The van der Waals surface area contributed by atoms with Crippen molar-refractivity contribution in [3.63, 3.8) is 0 Å². The molecule has 3 amide bonds. The highest BCUT2D eigenvalue weighted by Crippen LogP contribution is 2.24. The number of aryl methyl sites for hydroxylation is 2. The van der Waals surface area contributed by atoms with Crippen molar-refractivity contribution in [3.8, 4) is 0 Å². The van der Waals surface area contributed by atoms with Gasteiger partial charge < -0.3 is 5.32 Å². The lowest BCUT2D eigenvalue weighted by Gasteiger charge is -2.09. The average Bonchev–Trinajstić information content (AvgIpc) is 2.75. The van der Waals surface area contributed by atoms with Gasteiger partial charge in [-0.05, 0) is 49.4 Å². The summed E-state index contributed by atoms with van der Waals surface area (Å²) in [4.78, 5) is 22.8. The van der Waals surface area contributed by atoms with Gasteiger partial charge in [0.05, 0.1) is 0 Å². The molecule has 96 valence electrons. The van der Waals surface area contributed by atoms with Gasteiger partial charge in [-0.15, -0.1) is 11.6 Å². The second-order valence-corrected chi connectivity index (χ2v) is 5.05. The molecule has 0 spiro atoms. The first-order valence-electron chi connectivity index (χ1n) is 5.94. The SMILES string of the molecule is CC(Cl)C(=O)NC(=O)Nc1ccc2c(c1)CCC2. The number of urea groups is 1. The molecule has 0 saturated heterocycles. The molecule has 1 aromatic carbocycles. The van der Waals surface area contributed by atoms with E-state index in [1.54, 1.807) is 0 Å². The predicted octanol–water partition coefficient (Wildman–Crippen LogP) is 2.45. The molecule has 0 aromatic heterocycles. The monoisotopic (exact) mass is 266 g/mol. The van der Waals surface area contributed by atoms with Crippen molar-refractivity contribution >= 4 is 29.2 Å². The van der Waals surface area contributed by atoms with Gasteiger partial charge in [-0.3, -0.25) is 10.1 Å². The molecule has 0 saturated carbocycles. The second-order valence-electron chi connectivity index (χ2n) is 4.40. The van der Waals surface area contributed by atoms with Crippen LogP contribution in [0.5, 0.6) is 0 Å². The van der Waals surface area contributed by atoms with Gasteiger partial charge in [-0.2, -0.15) is 0 Å². The Morgan fingerprint density at radius 1 is 1.28 bits per heavy atom. The molecule has 0 aliphatic heterocycles. The van der Waals surface area contributed by atoms with E-state index >= 15 is 0 Å². The summed E-state index contributed by atoms with van der Waals surface area (Å²) in [5.74, 6) is -0.504. The van der Waals surface area contributed by atoms with E-state index < -0.39 is 17.3 Å². The van der Waals surface area contributed by atoms with Crippen LogP contribution in [-0.2, 0) is 17.6 Å². The summed E-state index contributed by atoms with van der Waals surface area (Å²) in [5.41, 5.74) is 3.31. The molecule has 0 bridgehead atoms. The van der Waals surface area contributed by atoms with Gasteiger partial charge in [-0.25, -0.2) is 4.79 Å². The highest BCUT2D eigenvalue weighted by atomic mass is 35.5. The van der Waals surface area contributed by atoms with Crippen molar-refractivity contribution in [1.29, 1.82) is 0 Å². The molecule has 0 radical (unpaired) electrons. The van der Waals surface area contributed by atoms with Crippen molar-refractivity contribution in [1.82, 2.24) is 5.32 Å². The third-order valence-electron chi connectivity index (χ3n) is 2.95. The molecule has 2 rings (SSSR count). The largest absolute Gasteiger partial charge is 0.325 e. The van der Waals surface area contributed by atoms with E-state index in [1.807, 2.05) is 18.2 Å². The molecule has 1 aliphatic carbocycles. The lowest BCUT2D eigenvalue weighted by Crippen LogP contribution is -2.38. The Hall–Kier alpha value is -1.55. The number of carbonyl (C=O) groups is 2. The standard InChI is InChI=1S/C13H15ClN2O2/c1-8(14)12(17)16-13(18)15-11-6-5-9-3-2-4-10(9)7-11/h5-8H,2-4H2,1H3,(H2,15,16,17,18). The maximum Gasteiger partial charge on any atom is 0.325 e. The Kier molecular flexibility index (Phi) is 3.87. The fourth-order valence-corrected chi connectivity index (χ4v) is 2.08. The van der Waals surface area contributed by atoms with Crippen LogP contribution in [0.1, 0.15) is 24.5 Å². The predicted molar refractivity (Wildman–Crippen MR) is 70.9 cm³/mol. The third-order valence-corrected chi connectivity index (χ3v) is 3.15. The molecule has 1 aliphatic rings. The molecule has 0 fully saturated rings. The summed E-state index contributed by atoms with van der Waals surface area (Å²) in [7, 11) is 0. The van der Waals surface area contributed by atoms with Gasteiger partial charge in [0.25, 0.3) is 0 Å². The van der Waals surface area contributed by atoms with Crippen LogP contribution in [0.25, 0.3) is 0 Å². The lowest BCUT2D eigenvalue weighted by atomic mass is 10.1. The van der Waals surface area contributed by atoms with E-state index in [0.717, 1.165) is 19.3 Å². The van der Waals surface area contributed by atoms with Gasteiger partial charge in [-0.1, -0.05) is 6.07 Å². The molecular formula is C13H15ClN2O2. The number of alkyl halides is 1. The quantitative estimate of drug-likeness (QED) is 0.808. The van der Waals surface area contributed by atoms with Gasteiger partial charge in [0.2, 0.25) is 5.91 Å². The van der Waals surface area contributed by atoms with Gasteiger partial charge >= 0.3 is 6.03 Å². The Bertz CT molecular complexity index is 486. The van der Waals surface area contributed by atoms with E-state index in [4.69, 9.17) is 11.6 Å². The highest BCUT2D eigenvalue weighted by Gasteiger charge is 2.14. The number of hydrogen-bond donors (Lipinski definition) is 2. The van der Waals surface area contributed by atoms with Crippen LogP contribution >= 0.6 is 11.6 Å². The van der Waals surface area contributed by atoms with E-state index in [-0.39, 0.29) is 0 Å². The van der Waals surface area contributed by atoms with Crippen LogP contribution in [0.3, 0.4) is 0 Å². The number of benzene rings is 1. The Morgan fingerprint density at radius 2 is 2.00 bits per heavy atom. The summed E-state index contributed by atoms with van der Waals surface area (Å²) < 4.78 is 0. The van der Waals surface area contributed by atoms with E-state index in [0.29, 0.717) is 5.69 Å². The molecule has 1 atom stereocenters. The zero-order valence-electron chi connectivity index (χ0n) is 10.1. The molecule has 1 aromatic rings. The smallest absolute Gasteiger partial charge is 0.308 e. The number of rotatable bonds is 2. The third kappa shape index (κ3) is 3.01. The van der Waals surface area contributed by atoms with Crippen molar-refractivity contribution in [2.45, 2.75) is 31.6 Å². The minimum absolute atomic E-state index is 0.504. The Balaban J connectivity index is 1.97. The average molecular weight is 267 g/mol. The fourth-order valence-electron chi connectivity index (χ4n) is 2.02. The van der Waals surface area contributed by atoms with Crippen LogP contribution in [0.2, 0.25) is 0 Å². The summed E-state index contributed by atoms with van der Waals surface area (Å²) >= 11 is 5.56. The van der Waals surface area contributed by atoms with Crippen LogP contribution < -0.4 is 10.6 Å². The molecule has 1 unspecified atom stereocenters. The van der Waals surface area contributed by atoms with E-state index in [2.05, 4.69) is 10.6 Å². The number of anilines is 1. The first-order valence-corrected chi connectivity index (χ1v) is 6.37. The van der Waals surface area contributed by atoms with E-state index in [9.17, 15) is 9.59 Å². The minimum Gasteiger partial charge on any atom is -0.308 e. The lowest BCUT2D eigenvalue weighted by molar-refractivity contribution is -0.119. The normalized spacial score (nSPS) is 14.8. The van der Waals surface area contributed by atoms with Crippen molar-refractivity contribution in [3.05, 3.63) is 29.3 Å². The molecule has 5 heteroatoms. The fraction of sp³-hybridized carbons (Fsp3) is 0.385. The Morgan fingerprint density at radius 3 is 2.72 bits per heavy atom. The first-order chi connectivity index (χ1) is 8.56. The summed E-state index contributed by atoms with van der Waals surface area (Å²) in [5, 5.41) is 4.08. The number of fused-ring (bicyclic) bond motifs is 1. The molecular weight excluding hydrogens is 252 g/mol. The van der Waals surface area contributed by atoms with Crippen LogP contribution in [0.15, 0.2) is 18.2 Å². The number of imide groups is 1. The van der Waals surface area contributed by atoms with Crippen molar-refractivity contribution in [2.75, 3.05) is 5.32 Å². The van der Waals surface area contributed by atoms with Crippen LogP contribution in [0.4, 0.5) is 10.5 Å². The maximum absolute atomic E-state index is 11.5. The zero-order valence-corrected chi connectivity index (χ0v) is 10.9. The first kappa shape index (κ1) is 12.9. The maximum atomic E-state index is 11.5. The summed E-state index contributed by atoms with van der Waals surface area (Å²) in [6.45, 7) is 1.51. The van der Waals surface area contributed by atoms with Crippen LogP contribution in [-0.4, -0.2) is 17.3 Å². The van der Waals surface area contributed by atoms with Crippen molar-refractivity contribution in [2.24, 2.45) is 0 Å². The van der Waals surface area contributed by atoms with Gasteiger partial charge in [0.15, 0.2) is 0 Å². The zero-order chi connectivity index (χ0) is 13.1. The second kappa shape index (κ2) is 5.40. The number of halogens is 1. The molecule has 4 nitrogen and oxygen atoms in total.